The van der Waals surface area contributed by atoms with Crippen LogP contribution in [0.1, 0.15) is 112 Å². The standard InChI is InChI=1S/C23H43ClO4.H3N/c1-7-9-10-11-12-13-14-15-16-17-19(25)23(20(26)28-6,21(3,4)27)22(5,24)18-8-2;/h27H,7-18H2,1-6H3;1H3. The van der Waals surface area contributed by atoms with Crippen LogP contribution in [0, 0.1) is 5.41 Å². The van der Waals surface area contributed by atoms with Crippen LogP contribution in [-0.4, -0.2) is 34.4 Å². The average Bonchev–Trinajstić information content (AvgIpc) is 2.58. The minimum Gasteiger partial charge on any atom is -0.468 e. The number of hydrogen-bond acceptors (Lipinski definition) is 5. The van der Waals surface area contributed by atoms with E-state index in [9.17, 15) is 14.7 Å². The van der Waals surface area contributed by atoms with Gasteiger partial charge in [0, 0.05) is 6.42 Å². The van der Waals surface area contributed by atoms with Gasteiger partial charge in [-0.05, 0) is 33.6 Å². The van der Waals surface area contributed by atoms with Gasteiger partial charge in [-0.2, -0.15) is 0 Å². The van der Waals surface area contributed by atoms with Crippen molar-refractivity contribution in [1.82, 2.24) is 6.15 Å². The Labute approximate surface area is 183 Å². The number of aliphatic hydroxyl groups is 1. The number of halogens is 1. The van der Waals surface area contributed by atoms with Crippen LogP contribution in [0.5, 0.6) is 0 Å². The van der Waals surface area contributed by atoms with E-state index in [1.54, 1.807) is 6.92 Å². The van der Waals surface area contributed by atoms with E-state index in [-0.39, 0.29) is 18.4 Å². The van der Waals surface area contributed by atoms with Gasteiger partial charge in [0.2, 0.25) is 0 Å². The maximum Gasteiger partial charge on any atom is 0.324 e. The number of Topliss-reactive ketones (excluding diaryl/α,β-unsaturated/α-hetero) is 1. The molecule has 174 valence electrons. The summed E-state index contributed by atoms with van der Waals surface area (Å²) in [6.45, 7) is 8.79. The molecule has 0 amide bonds. The molecule has 2 unspecified atom stereocenters. The van der Waals surface area contributed by atoms with Crippen LogP contribution < -0.4 is 6.15 Å². The molecule has 0 aliphatic rings. The fourth-order valence-electron chi connectivity index (χ4n) is 4.44. The monoisotopic (exact) mass is 435 g/mol. The molecule has 0 radical (unpaired) electrons. The van der Waals surface area contributed by atoms with Crippen molar-refractivity contribution < 1.29 is 19.4 Å². The average molecular weight is 436 g/mol. The number of esters is 1. The fraction of sp³-hybridized carbons (Fsp3) is 0.913. The van der Waals surface area contributed by atoms with Gasteiger partial charge in [0.25, 0.3) is 0 Å². The predicted octanol–water partition coefficient (Wildman–Crippen LogP) is 6.37. The summed E-state index contributed by atoms with van der Waals surface area (Å²) < 4.78 is 4.98. The summed E-state index contributed by atoms with van der Waals surface area (Å²) in [5.74, 6) is -1.06. The van der Waals surface area contributed by atoms with E-state index in [0.29, 0.717) is 19.3 Å². The molecule has 4 N–H and O–H groups in total. The molecule has 0 fully saturated rings. The van der Waals surface area contributed by atoms with Crippen LogP contribution in [0.25, 0.3) is 0 Å². The van der Waals surface area contributed by atoms with E-state index >= 15 is 0 Å². The SMILES string of the molecule is CCCCCCCCCCCC(=O)C(C(=O)OC)(C(C)(C)O)C(C)(Cl)CCC.N. The summed E-state index contributed by atoms with van der Waals surface area (Å²) >= 11 is 6.75. The van der Waals surface area contributed by atoms with Crippen molar-refractivity contribution in [3.05, 3.63) is 0 Å². The summed E-state index contributed by atoms with van der Waals surface area (Å²) in [6.07, 6.45) is 11.6. The van der Waals surface area contributed by atoms with Crippen molar-refractivity contribution in [2.24, 2.45) is 5.41 Å². The van der Waals surface area contributed by atoms with Crippen LogP contribution in [0.15, 0.2) is 0 Å². The van der Waals surface area contributed by atoms with Crippen molar-refractivity contribution in [2.75, 3.05) is 7.11 Å². The normalized spacial score (nSPS) is 15.7. The molecule has 0 aliphatic carbocycles. The van der Waals surface area contributed by atoms with Crippen LogP contribution >= 0.6 is 11.6 Å². The first-order valence-corrected chi connectivity index (χ1v) is 11.4. The molecule has 0 spiro atoms. The summed E-state index contributed by atoms with van der Waals surface area (Å²) in [6, 6.07) is 0. The number of ketones is 1. The van der Waals surface area contributed by atoms with Gasteiger partial charge in [-0.15, -0.1) is 11.6 Å². The van der Waals surface area contributed by atoms with Gasteiger partial charge in [0.1, 0.15) is 0 Å². The van der Waals surface area contributed by atoms with Gasteiger partial charge < -0.3 is 16.0 Å². The van der Waals surface area contributed by atoms with Gasteiger partial charge in [-0.1, -0.05) is 71.6 Å². The van der Waals surface area contributed by atoms with Crippen molar-refractivity contribution in [2.45, 2.75) is 122 Å². The Morgan fingerprint density at radius 3 is 1.69 bits per heavy atom. The van der Waals surface area contributed by atoms with E-state index in [2.05, 4.69) is 6.92 Å². The zero-order chi connectivity index (χ0) is 21.8. The highest BCUT2D eigenvalue weighted by atomic mass is 35.5. The first-order chi connectivity index (χ1) is 13.0. The maximum absolute atomic E-state index is 13.3. The number of hydrogen-bond donors (Lipinski definition) is 2. The van der Waals surface area contributed by atoms with Crippen molar-refractivity contribution in [3.8, 4) is 0 Å². The van der Waals surface area contributed by atoms with E-state index < -0.39 is 21.9 Å². The Morgan fingerprint density at radius 2 is 1.31 bits per heavy atom. The molecule has 0 bridgehead atoms. The second-order valence-corrected chi connectivity index (χ2v) is 9.58. The molecule has 0 aromatic heterocycles. The predicted molar refractivity (Wildman–Crippen MR) is 122 cm³/mol. The molecule has 0 heterocycles. The van der Waals surface area contributed by atoms with Crippen LogP contribution in [0.4, 0.5) is 0 Å². The number of ether oxygens (including phenoxy) is 1. The number of carbonyl (C=O) groups excluding carboxylic acids is 2. The minimum absolute atomic E-state index is 0. The van der Waals surface area contributed by atoms with Gasteiger partial charge in [0.15, 0.2) is 11.2 Å². The second-order valence-electron chi connectivity index (χ2n) is 8.75. The maximum atomic E-state index is 13.3. The Morgan fingerprint density at radius 1 is 0.862 bits per heavy atom. The largest absolute Gasteiger partial charge is 0.468 e. The first-order valence-electron chi connectivity index (χ1n) is 11.1. The van der Waals surface area contributed by atoms with E-state index in [0.717, 1.165) is 12.8 Å². The smallest absolute Gasteiger partial charge is 0.324 e. The molecule has 6 heteroatoms. The van der Waals surface area contributed by atoms with Gasteiger partial charge >= 0.3 is 5.97 Å². The van der Waals surface area contributed by atoms with Crippen molar-refractivity contribution in [3.63, 3.8) is 0 Å². The summed E-state index contributed by atoms with van der Waals surface area (Å²) in [4.78, 5) is 24.9. The second kappa shape index (κ2) is 14.4. The Hall–Kier alpha value is -0.650. The number of methoxy groups -OCH3 is 1. The lowest BCUT2D eigenvalue weighted by Gasteiger charge is -2.48. The van der Waals surface area contributed by atoms with Crippen molar-refractivity contribution in [1.29, 1.82) is 0 Å². The van der Waals surface area contributed by atoms with Crippen molar-refractivity contribution >= 4 is 23.4 Å². The number of unbranched alkanes of at least 4 members (excludes halogenated alkanes) is 8. The van der Waals surface area contributed by atoms with E-state index in [4.69, 9.17) is 16.3 Å². The molecular formula is C23H46ClNO4. The number of rotatable bonds is 16. The minimum atomic E-state index is -1.79. The van der Waals surface area contributed by atoms with E-state index in [1.165, 1.54) is 59.5 Å². The third-order valence-corrected chi connectivity index (χ3v) is 6.31. The quantitative estimate of drug-likeness (QED) is 0.127. The van der Waals surface area contributed by atoms with Gasteiger partial charge in [-0.25, -0.2) is 0 Å². The molecule has 0 aromatic carbocycles. The highest BCUT2D eigenvalue weighted by Gasteiger charge is 2.66. The van der Waals surface area contributed by atoms with Gasteiger partial charge in [-0.3, -0.25) is 9.59 Å². The van der Waals surface area contributed by atoms with E-state index in [1.807, 2.05) is 6.92 Å². The summed E-state index contributed by atoms with van der Waals surface area (Å²) in [5, 5.41) is 10.9. The molecule has 0 aliphatic heterocycles. The topological polar surface area (TPSA) is 98.6 Å². The molecule has 29 heavy (non-hydrogen) atoms. The molecule has 0 saturated heterocycles. The van der Waals surface area contributed by atoms with Crippen LogP contribution in [0.2, 0.25) is 0 Å². The highest BCUT2D eigenvalue weighted by Crippen LogP contribution is 2.50. The lowest BCUT2D eigenvalue weighted by atomic mass is 9.60. The molecule has 0 rings (SSSR count). The zero-order valence-corrected chi connectivity index (χ0v) is 20.5. The lowest BCUT2D eigenvalue weighted by Crippen LogP contribution is -2.65. The fourth-order valence-corrected chi connectivity index (χ4v) is 5.04. The third-order valence-electron chi connectivity index (χ3n) is 5.84. The lowest BCUT2D eigenvalue weighted by molar-refractivity contribution is -0.179. The van der Waals surface area contributed by atoms with Gasteiger partial charge in [0.05, 0.1) is 17.6 Å². The Bertz CT molecular complexity index is 474. The molecule has 0 saturated carbocycles. The van der Waals surface area contributed by atoms with Crippen LogP contribution in [0.3, 0.4) is 0 Å². The highest BCUT2D eigenvalue weighted by molar-refractivity contribution is 6.29. The summed E-state index contributed by atoms with van der Waals surface area (Å²) in [5.41, 5.74) is -3.41. The molecule has 2 atom stereocenters. The Balaban J connectivity index is 0. The first kappa shape index (κ1) is 30.5. The molecule has 0 aromatic rings. The number of carbonyl (C=O) groups is 2. The Kier molecular flexibility index (Phi) is 15.1. The molecule has 5 nitrogen and oxygen atoms in total. The zero-order valence-electron chi connectivity index (χ0n) is 19.7. The van der Waals surface area contributed by atoms with Crippen LogP contribution in [-0.2, 0) is 14.3 Å². The summed E-state index contributed by atoms with van der Waals surface area (Å²) in [7, 11) is 1.24. The number of alkyl halides is 1. The molecular weight excluding hydrogens is 390 g/mol. The third kappa shape index (κ3) is 8.18.